The summed E-state index contributed by atoms with van der Waals surface area (Å²) in [5.41, 5.74) is -18.8. The van der Waals surface area contributed by atoms with E-state index in [1.54, 1.807) is 0 Å². The molecule has 2 unspecified atom stereocenters. The average Bonchev–Trinajstić information content (AvgIpc) is 2.70. The van der Waals surface area contributed by atoms with E-state index in [0.717, 1.165) is 9.47 Å². The second-order valence-corrected chi connectivity index (χ2v) is 7.88. The molecule has 0 amide bonds. The lowest BCUT2D eigenvalue weighted by Crippen LogP contribution is -2.79. The standard InChI is InChI=1S/C14F30O3/c15-1(7(23,24)25,8(26,27)28)3(17,18)5(21,45-13(39,40)41)11(35,36)47-12(37,38)6(22,46-14(42,43)44)4(19,20)2(16,9(29,30)31)10(32,33)34. The van der Waals surface area contributed by atoms with Gasteiger partial charge in [0.15, 0.2) is 0 Å². The van der Waals surface area contributed by atoms with E-state index in [1.165, 1.54) is 0 Å². The van der Waals surface area contributed by atoms with Crippen molar-refractivity contribution >= 4 is 0 Å². The molecule has 0 N–H and O–H groups in total. The Kier molecular flexibility index (Phi) is 10.6. The summed E-state index contributed by atoms with van der Waals surface area (Å²) in [6, 6.07) is 0. The van der Waals surface area contributed by atoms with E-state index in [-0.39, 0.29) is 0 Å². The Bertz CT molecular complexity index is 986. The number of halogens is 30. The maximum Gasteiger partial charge on any atom is 0.525 e. The molecule has 0 spiro atoms. The van der Waals surface area contributed by atoms with Gasteiger partial charge >= 0.3 is 84.5 Å². The molecule has 0 aromatic carbocycles. The fraction of sp³-hybridized carbons (Fsp3) is 1.00. The van der Waals surface area contributed by atoms with E-state index < -0.39 is 84.5 Å². The van der Waals surface area contributed by atoms with Crippen LogP contribution in [-0.4, -0.2) is 84.5 Å². The fourth-order valence-corrected chi connectivity index (χ4v) is 2.70. The molecule has 284 valence electrons. The smallest absolute Gasteiger partial charge is 0.246 e. The van der Waals surface area contributed by atoms with Gasteiger partial charge in [-0.2, -0.15) is 96.6 Å². The first-order valence-corrected chi connectivity index (χ1v) is 9.39. The van der Waals surface area contributed by atoms with Crippen molar-refractivity contribution in [2.45, 2.75) is 84.5 Å². The van der Waals surface area contributed by atoms with Crippen molar-refractivity contribution in [2.24, 2.45) is 0 Å². The first-order chi connectivity index (χ1) is 19.6. The first kappa shape index (κ1) is 44.8. The summed E-state index contributed by atoms with van der Waals surface area (Å²) in [5, 5.41) is 0. The van der Waals surface area contributed by atoms with E-state index in [4.69, 9.17) is 0 Å². The highest BCUT2D eigenvalue weighted by atomic mass is 19.5. The highest BCUT2D eigenvalue weighted by Gasteiger charge is 2.98. The van der Waals surface area contributed by atoms with Crippen LogP contribution in [0.25, 0.3) is 0 Å². The van der Waals surface area contributed by atoms with Crippen LogP contribution in [0.3, 0.4) is 0 Å². The molecule has 0 radical (unpaired) electrons. The molecule has 0 heterocycles. The Hall–Kier alpha value is -2.22. The number of rotatable bonds is 10. The van der Waals surface area contributed by atoms with Gasteiger partial charge in [-0.15, -0.1) is 26.3 Å². The zero-order chi connectivity index (χ0) is 39.1. The van der Waals surface area contributed by atoms with Crippen LogP contribution in [0.1, 0.15) is 0 Å². The lowest BCUT2D eigenvalue weighted by atomic mass is 9.88. The maximum absolute atomic E-state index is 14.4. The molecule has 0 fully saturated rings. The third-order valence-electron chi connectivity index (χ3n) is 4.75. The van der Waals surface area contributed by atoms with Gasteiger partial charge in [-0.1, -0.05) is 0 Å². The van der Waals surface area contributed by atoms with Crippen LogP contribution in [0, 0.1) is 0 Å². The zero-order valence-electron chi connectivity index (χ0n) is 19.6. The van der Waals surface area contributed by atoms with Crippen LogP contribution in [-0.2, 0) is 14.2 Å². The molecule has 0 aliphatic heterocycles. The minimum Gasteiger partial charge on any atom is -0.246 e. The van der Waals surface area contributed by atoms with Crippen LogP contribution in [0.2, 0.25) is 0 Å². The summed E-state index contributed by atoms with van der Waals surface area (Å²) in [5.74, 6) is -38.5. The van der Waals surface area contributed by atoms with Crippen molar-refractivity contribution in [1.29, 1.82) is 0 Å². The maximum atomic E-state index is 14.4. The molecule has 0 aliphatic rings. The van der Waals surface area contributed by atoms with Crippen molar-refractivity contribution in [3.8, 4) is 0 Å². The topological polar surface area (TPSA) is 27.7 Å². The van der Waals surface area contributed by atoms with Gasteiger partial charge in [0, 0.05) is 0 Å². The molecule has 0 aromatic rings. The Morgan fingerprint density at radius 3 is 0.532 bits per heavy atom. The van der Waals surface area contributed by atoms with Gasteiger partial charge < -0.3 is 0 Å². The van der Waals surface area contributed by atoms with Gasteiger partial charge in [-0.05, 0) is 0 Å². The van der Waals surface area contributed by atoms with Gasteiger partial charge in [-0.25, -0.2) is 23.0 Å². The molecule has 0 aromatic heterocycles. The summed E-state index contributed by atoms with van der Waals surface area (Å²) in [6.45, 7) is 0. The zero-order valence-corrected chi connectivity index (χ0v) is 19.6. The molecule has 0 aliphatic carbocycles. The van der Waals surface area contributed by atoms with Crippen LogP contribution < -0.4 is 0 Å². The minimum absolute atomic E-state index is 0.632. The summed E-state index contributed by atoms with van der Waals surface area (Å²) in [6.07, 6.45) is -70.7. The Labute approximate surface area is 232 Å². The summed E-state index contributed by atoms with van der Waals surface area (Å²) in [7, 11) is 0. The minimum atomic E-state index is -9.71. The molecular weight excluding hydrogens is 786 g/mol. The molecule has 0 saturated heterocycles. The highest BCUT2D eigenvalue weighted by Crippen LogP contribution is 2.66. The molecule has 3 nitrogen and oxygen atoms in total. The third kappa shape index (κ3) is 6.83. The summed E-state index contributed by atoms with van der Waals surface area (Å²) < 4.78 is 396. The lowest BCUT2D eigenvalue weighted by Gasteiger charge is -2.47. The molecule has 0 bridgehead atoms. The normalized spacial score (nSPS) is 19.0. The second-order valence-electron chi connectivity index (χ2n) is 7.88. The largest absolute Gasteiger partial charge is 0.525 e. The van der Waals surface area contributed by atoms with Crippen LogP contribution in [0.4, 0.5) is 132 Å². The van der Waals surface area contributed by atoms with E-state index >= 15 is 0 Å². The van der Waals surface area contributed by atoms with Gasteiger partial charge in [0.1, 0.15) is 0 Å². The molecule has 0 saturated carbocycles. The quantitative estimate of drug-likeness (QED) is 0.207. The van der Waals surface area contributed by atoms with Crippen molar-refractivity contribution in [1.82, 2.24) is 0 Å². The average molecular weight is 786 g/mol. The highest BCUT2D eigenvalue weighted by molar-refractivity contribution is 5.16. The predicted molar refractivity (Wildman–Crippen MR) is 74.7 cm³/mol. The molecule has 47 heavy (non-hydrogen) atoms. The van der Waals surface area contributed by atoms with Gasteiger partial charge in [0.2, 0.25) is 0 Å². The SMILES string of the molecule is FC(F)(F)OC(F)(C(F)(F)OC(F)(F)C(F)(OC(F)(F)F)C(F)(F)C(F)(C(F)(F)F)C(F)(F)F)C(F)(F)C(F)(C(F)(F)F)C(F)(F)F. The number of ether oxygens (including phenoxy) is 3. The molecule has 0 rings (SSSR count). The van der Waals surface area contributed by atoms with Crippen molar-refractivity contribution in [3.05, 3.63) is 0 Å². The summed E-state index contributed by atoms with van der Waals surface area (Å²) >= 11 is 0. The second kappa shape index (κ2) is 11.1. The van der Waals surface area contributed by atoms with Crippen molar-refractivity contribution in [2.75, 3.05) is 0 Å². The number of hydrogen-bond donors (Lipinski definition) is 0. The van der Waals surface area contributed by atoms with Crippen molar-refractivity contribution < 1.29 is 146 Å². The van der Waals surface area contributed by atoms with Gasteiger partial charge in [0.25, 0.3) is 0 Å². The Balaban J connectivity index is 8.21. The van der Waals surface area contributed by atoms with Crippen LogP contribution >= 0.6 is 0 Å². The molecular formula is C14F30O3. The number of alkyl halides is 30. The molecule has 33 heteroatoms. The predicted octanol–water partition coefficient (Wildman–Crippen LogP) is 9.53. The van der Waals surface area contributed by atoms with Crippen LogP contribution in [0.15, 0.2) is 0 Å². The number of hydrogen-bond acceptors (Lipinski definition) is 3. The Morgan fingerprint density at radius 1 is 0.234 bits per heavy atom. The van der Waals surface area contributed by atoms with E-state index in [9.17, 15) is 132 Å². The van der Waals surface area contributed by atoms with Gasteiger partial charge in [0.05, 0.1) is 0 Å². The monoisotopic (exact) mass is 786 g/mol. The fourth-order valence-electron chi connectivity index (χ4n) is 2.70. The summed E-state index contributed by atoms with van der Waals surface area (Å²) in [4.78, 5) is 0. The van der Waals surface area contributed by atoms with E-state index in [1.807, 2.05) is 0 Å². The van der Waals surface area contributed by atoms with E-state index in [2.05, 4.69) is 0 Å². The first-order valence-electron chi connectivity index (χ1n) is 9.39. The Morgan fingerprint density at radius 2 is 0.404 bits per heavy atom. The van der Waals surface area contributed by atoms with E-state index in [0.29, 0.717) is 4.74 Å². The third-order valence-corrected chi connectivity index (χ3v) is 4.75. The van der Waals surface area contributed by atoms with Gasteiger partial charge in [-0.3, -0.25) is 0 Å². The van der Waals surface area contributed by atoms with Crippen molar-refractivity contribution in [3.63, 3.8) is 0 Å². The van der Waals surface area contributed by atoms with Crippen LogP contribution in [0.5, 0.6) is 0 Å². The molecule has 2 atom stereocenters. The lowest BCUT2D eigenvalue weighted by molar-refractivity contribution is -0.586.